The Morgan fingerprint density at radius 1 is 1.05 bits per heavy atom. The Labute approximate surface area is 143 Å². The molecule has 6 heteroatoms. The van der Waals surface area contributed by atoms with Crippen molar-refractivity contribution in [2.45, 2.75) is 11.3 Å². The van der Waals surface area contributed by atoms with Crippen LogP contribution in [0.4, 0.5) is 0 Å². The molecule has 0 aliphatic carbocycles. The van der Waals surface area contributed by atoms with Gasteiger partial charge in [-0.05, 0) is 59.3 Å². The SMILES string of the molecule is NCCc1cn(S(=O)(=O)c2ccccc2I)c2ccccc12. The Morgan fingerprint density at radius 2 is 1.73 bits per heavy atom. The van der Waals surface area contributed by atoms with Gasteiger partial charge >= 0.3 is 0 Å². The molecular formula is C16H15IN2O2S. The molecule has 22 heavy (non-hydrogen) atoms. The van der Waals surface area contributed by atoms with Crippen LogP contribution in [0.1, 0.15) is 5.56 Å². The molecule has 0 fully saturated rings. The molecular weight excluding hydrogens is 411 g/mol. The van der Waals surface area contributed by atoms with E-state index in [1.807, 2.05) is 52.9 Å². The van der Waals surface area contributed by atoms with E-state index in [1.54, 1.807) is 24.4 Å². The Hall–Kier alpha value is -1.38. The molecule has 1 aromatic heterocycles. The van der Waals surface area contributed by atoms with Crippen molar-refractivity contribution in [1.82, 2.24) is 3.97 Å². The average Bonchev–Trinajstić information content (AvgIpc) is 2.88. The zero-order valence-electron chi connectivity index (χ0n) is 11.7. The second-order valence-corrected chi connectivity index (χ2v) is 7.89. The van der Waals surface area contributed by atoms with Crippen LogP contribution in [0.5, 0.6) is 0 Å². The van der Waals surface area contributed by atoms with E-state index in [1.165, 1.54) is 3.97 Å². The monoisotopic (exact) mass is 426 g/mol. The minimum atomic E-state index is -3.63. The highest BCUT2D eigenvalue weighted by Gasteiger charge is 2.22. The first kappa shape index (κ1) is 15.5. The van der Waals surface area contributed by atoms with Crippen molar-refractivity contribution in [2.75, 3.05) is 6.54 Å². The van der Waals surface area contributed by atoms with Gasteiger partial charge in [0, 0.05) is 15.2 Å². The predicted octanol–water partition coefficient (Wildman–Crippen LogP) is 2.98. The highest BCUT2D eigenvalue weighted by Crippen LogP contribution is 2.28. The van der Waals surface area contributed by atoms with E-state index in [0.29, 0.717) is 26.9 Å². The van der Waals surface area contributed by atoms with Gasteiger partial charge in [-0.15, -0.1) is 0 Å². The first-order chi connectivity index (χ1) is 10.6. The fourth-order valence-corrected chi connectivity index (χ4v) is 5.21. The molecule has 0 aliphatic rings. The van der Waals surface area contributed by atoms with E-state index in [0.717, 1.165) is 10.9 Å². The summed E-state index contributed by atoms with van der Waals surface area (Å²) in [6, 6.07) is 14.5. The Bertz CT molecular complexity index is 932. The third-order valence-corrected chi connectivity index (χ3v) is 6.59. The molecule has 0 amide bonds. The van der Waals surface area contributed by atoms with Gasteiger partial charge < -0.3 is 5.73 Å². The first-order valence-corrected chi connectivity index (χ1v) is 9.36. The zero-order chi connectivity index (χ0) is 15.7. The highest BCUT2D eigenvalue weighted by atomic mass is 127. The van der Waals surface area contributed by atoms with Crippen molar-refractivity contribution in [1.29, 1.82) is 0 Å². The lowest BCUT2D eigenvalue weighted by molar-refractivity contribution is 0.588. The molecule has 0 spiro atoms. The van der Waals surface area contributed by atoms with Crippen LogP contribution in [0.25, 0.3) is 10.9 Å². The van der Waals surface area contributed by atoms with E-state index in [9.17, 15) is 8.42 Å². The molecule has 0 bridgehead atoms. The molecule has 1 heterocycles. The van der Waals surface area contributed by atoms with Crippen molar-refractivity contribution in [3.05, 3.63) is 63.9 Å². The molecule has 0 saturated carbocycles. The van der Waals surface area contributed by atoms with Gasteiger partial charge in [0.1, 0.15) is 4.90 Å². The zero-order valence-corrected chi connectivity index (χ0v) is 14.7. The molecule has 2 N–H and O–H groups in total. The third kappa shape index (κ3) is 2.55. The number of fused-ring (bicyclic) bond motifs is 1. The topological polar surface area (TPSA) is 65.1 Å². The van der Waals surface area contributed by atoms with Crippen LogP contribution in [-0.2, 0) is 16.4 Å². The molecule has 3 aromatic rings. The quantitative estimate of drug-likeness (QED) is 0.653. The van der Waals surface area contributed by atoms with Crippen LogP contribution < -0.4 is 5.73 Å². The summed E-state index contributed by atoms with van der Waals surface area (Å²) in [5.74, 6) is 0. The van der Waals surface area contributed by atoms with Crippen molar-refractivity contribution in [3.8, 4) is 0 Å². The van der Waals surface area contributed by atoms with Gasteiger partial charge in [-0.25, -0.2) is 12.4 Å². The van der Waals surface area contributed by atoms with Crippen LogP contribution in [0, 0.1) is 3.57 Å². The van der Waals surface area contributed by atoms with Crippen LogP contribution in [-0.4, -0.2) is 18.9 Å². The standard InChI is InChI=1S/C16H15IN2O2S/c17-14-6-2-4-8-16(14)22(20,21)19-11-12(9-10-18)13-5-1-3-7-15(13)19/h1-8,11H,9-10,18H2. The van der Waals surface area contributed by atoms with Gasteiger partial charge in [0.05, 0.1) is 5.52 Å². The lowest BCUT2D eigenvalue weighted by Gasteiger charge is -2.09. The van der Waals surface area contributed by atoms with Gasteiger partial charge in [-0.1, -0.05) is 30.3 Å². The molecule has 2 aromatic carbocycles. The first-order valence-electron chi connectivity index (χ1n) is 6.85. The molecule has 0 aliphatic heterocycles. The second-order valence-electron chi connectivity index (χ2n) is 4.94. The lowest BCUT2D eigenvalue weighted by Crippen LogP contribution is -2.13. The maximum atomic E-state index is 13.0. The summed E-state index contributed by atoms with van der Waals surface area (Å²) >= 11 is 2.05. The predicted molar refractivity (Wildman–Crippen MR) is 96.4 cm³/mol. The maximum absolute atomic E-state index is 13.0. The molecule has 3 rings (SSSR count). The summed E-state index contributed by atoms with van der Waals surface area (Å²) in [6.07, 6.45) is 2.34. The summed E-state index contributed by atoms with van der Waals surface area (Å²) in [4.78, 5) is 0.315. The number of halogens is 1. The second kappa shape index (κ2) is 6.02. The fraction of sp³-hybridized carbons (Fsp3) is 0.125. The molecule has 0 unspecified atom stereocenters. The van der Waals surface area contributed by atoms with E-state index in [2.05, 4.69) is 0 Å². The molecule has 114 valence electrons. The molecule has 0 atom stereocenters. The average molecular weight is 426 g/mol. The van der Waals surface area contributed by atoms with Crippen LogP contribution in [0.15, 0.2) is 59.6 Å². The number of para-hydroxylation sites is 1. The van der Waals surface area contributed by atoms with Crippen LogP contribution in [0.2, 0.25) is 0 Å². The number of benzene rings is 2. The summed E-state index contributed by atoms with van der Waals surface area (Å²) in [5, 5.41) is 0.933. The molecule has 0 radical (unpaired) electrons. The van der Waals surface area contributed by atoms with Gasteiger partial charge in [0.15, 0.2) is 0 Å². The Balaban J connectivity index is 2.28. The third-order valence-electron chi connectivity index (χ3n) is 3.55. The number of hydrogen-bond donors (Lipinski definition) is 1. The van der Waals surface area contributed by atoms with E-state index < -0.39 is 10.0 Å². The minimum absolute atomic E-state index is 0.315. The Morgan fingerprint density at radius 3 is 2.45 bits per heavy atom. The highest BCUT2D eigenvalue weighted by molar-refractivity contribution is 14.1. The minimum Gasteiger partial charge on any atom is -0.330 e. The van der Waals surface area contributed by atoms with E-state index in [-0.39, 0.29) is 0 Å². The molecule has 4 nitrogen and oxygen atoms in total. The largest absolute Gasteiger partial charge is 0.330 e. The van der Waals surface area contributed by atoms with E-state index >= 15 is 0 Å². The van der Waals surface area contributed by atoms with Gasteiger partial charge in [0.25, 0.3) is 10.0 Å². The van der Waals surface area contributed by atoms with E-state index in [4.69, 9.17) is 5.73 Å². The fourth-order valence-electron chi connectivity index (χ4n) is 2.53. The normalized spacial score (nSPS) is 11.9. The maximum Gasteiger partial charge on any atom is 0.269 e. The summed E-state index contributed by atoms with van der Waals surface area (Å²) in [6.45, 7) is 0.483. The van der Waals surface area contributed by atoms with Gasteiger partial charge in [-0.3, -0.25) is 0 Å². The van der Waals surface area contributed by atoms with Crippen molar-refractivity contribution in [3.63, 3.8) is 0 Å². The smallest absolute Gasteiger partial charge is 0.269 e. The summed E-state index contributed by atoms with van der Waals surface area (Å²) in [7, 11) is -3.63. The number of nitrogens with two attached hydrogens (primary N) is 1. The van der Waals surface area contributed by atoms with Gasteiger partial charge in [0.2, 0.25) is 0 Å². The number of rotatable bonds is 4. The number of aromatic nitrogens is 1. The Kier molecular flexibility index (Phi) is 4.24. The summed E-state index contributed by atoms with van der Waals surface area (Å²) in [5.41, 5.74) is 7.28. The number of hydrogen-bond acceptors (Lipinski definition) is 3. The van der Waals surface area contributed by atoms with Crippen molar-refractivity contribution < 1.29 is 8.42 Å². The number of nitrogens with zero attached hydrogens (tertiary/aromatic N) is 1. The van der Waals surface area contributed by atoms with Crippen molar-refractivity contribution >= 4 is 43.5 Å². The van der Waals surface area contributed by atoms with Crippen LogP contribution in [0.3, 0.4) is 0 Å². The van der Waals surface area contributed by atoms with Crippen LogP contribution >= 0.6 is 22.6 Å². The lowest BCUT2D eigenvalue weighted by atomic mass is 10.1. The van der Waals surface area contributed by atoms with Gasteiger partial charge in [-0.2, -0.15) is 0 Å². The van der Waals surface area contributed by atoms with Crippen molar-refractivity contribution in [2.24, 2.45) is 5.73 Å². The summed E-state index contributed by atoms with van der Waals surface area (Å²) < 4.78 is 28.1. The molecule has 0 saturated heterocycles.